The zero-order valence-corrected chi connectivity index (χ0v) is 16.1. The van der Waals surface area contributed by atoms with Crippen molar-refractivity contribution in [2.24, 2.45) is 14.1 Å². The summed E-state index contributed by atoms with van der Waals surface area (Å²) in [6, 6.07) is 4.09. The number of nitrogens with zero attached hydrogens (tertiary/aromatic N) is 4. The average molecular weight is 393 g/mol. The normalized spacial score (nSPS) is 11.2. The molecule has 0 spiro atoms. The van der Waals surface area contributed by atoms with Gasteiger partial charge in [0.05, 0.1) is 6.33 Å². The van der Waals surface area contributed by atoms with Crippen LogP contribution in [0.15, 0.2) is 33.4 Å². The van der Waals surface area contributed by atoms with Crippen molar-refractivity contribution in [1.29, 1.82) is 0 Å². The summed E-state index contributed by atoms with van der Waals surface area (Å²) >= 11 is 3.43. The van der Waals surface area contributed by atoms with Crippen molar-refractivity contribution in [3.63, 3.8) is 0 Å². The summed E-state index contributed by atoms with van der Waals surface area (Å²) < 4.78 is 3.77. The van der Waals surface area contributed by atoms with Crippen molar-refractivity contribution < 1.29 is 4.79 Å². The van der Waals surface area contributed by atoms with E-state index in [0.29, 0.717) is 17.7 Å². The number of amides is 1. The monoisotopic (exact) mass is 393 g/mol. The van der Waals surface area contributed by atoms with Gasteiger partial charge in [0, 0.05) is 37.0 Å². The van der Waals surface area contributed by atoms with E-state index in [1.54, 1.807) is 34.7 Å². The fraction of sp³-hybridized carbons (Fsp3) is 0.375. The lowest BCUT2D eigenvalue weighted by molar-refractivity contribution is -0.121. The predicted octanol–water partition coefficient (Wildman–Crippen LogP) is 0.545. The molecule has 0 aliphatic carbocycles. The van der Waals surface area contributed by atoms with E-state index in [1.807, 2.05) is 11.4 Å². The molecule has 0 aromatic carbocycles. The number of hydrogen-bond donors (Lipinski definition) is 1. The van der Waals surface area contributed by atoms with E-state index in [4.69, 9.17) is 0 Å². The Balaban J connectivity index is 1.61. The largest absolute Gasteiger partial charge is 0.354 e. The lowest BCUT2D eigenvalue weighted by atomic mass is 10.4. The summed E-state index contributed by atoms with van der Waals surface area (Å²) in [7, 11) is 3.21. The number of thioether (sulfide) groups is 1. The maximum absolute atomic E-state index is 12.5. The first kappa shape index (κ1) is 18.5. The van der Waals surface area contributed by atoms with Gasteiger partial charge >= 0.3 is 5.69 Å². The molecular weight excluding hydrogens is 374 g/mol. The minimum atomic E-state index is -0.552. The van der Waals surface area contributed by atoms with E-state index in [9.17, 15) is 14.4 Å². The Bertz CT molecular complexity index is 1030. The van der Waals surface area contributed by atoms with E-state index in [0.717, 1.165) is 16.1 Å². The summed E-state index contributed by atoms with van der Waals surface area (Å²) in [5, 5.41) is 4.79. The Labute approximate surface area is 157 Å². The van der Waals surface area contributed by atoms with E-state index in [-0.39, 0.29) is 12.5 Å². The molecule has 26 heavy (non-hydrogen) atoms. The number of carbonyl (C=O) groups is 1. The van der Waals surface area contributed by atoms with Gasteiger partial charge in [-0.2, -0.15) is 11.8 Å². The lowest BCUT2D eigenvalue weighted by Crippen LogP contribution is -2.43. The van der Waals surface area contributed by atoms with Gasteiger partial charge in [-0.1, -0.05) is 6.07 Å². The fourth-order valence-corrected chi connectivity index (χ4v) is 4.26. The second-order valence-electron chi connectivity index (χ2n) is 5.74. The van der Waals surface area contributed by atoms with E-state index in [2.05, 4.69) is 16.4 Å². The Kier molecular flexibility index (Phi) is 5.62. The Morgan fingerprint density at radius 1 is 1.35 bits per heavy atom. The standard InChI is InChI=1S/C16H19N5O3S2/c1-19-10-18-14-13(19)15(23)21(16(24)20(14)2)8-12(22)17-5-7-25-9-11-4-3-6-26-11/h3-4,6,10H,5,7-9H2,1-2H3,(H,17,22). The number of rotatable bonds is 7. The van der Waals surface area contributed by atoms with Gasteiger partial charge in [0.2, 0.25) is 5.91 Å². The third kappa shape index (κ3) is 3.75. The third-order valence-electron chi connectivity index (χ3n) is 3.90. The van der Waals surface area contributed by atoms with Crippen molar-refractivity contribution in [2.45, 2.75) is 12.3 Å². The predicted molar refractivity (Wildman–Crippen MR) is 104 cm³/mol. The molecular formula is C16H19N5O3S2. The first-order valence-corrected chi connectivity index (χ1v) is 10.00. The van der Waals surface area contributed by atoms with Gasteiger partial charge in [0.1, 0.15) is 6.54 Å². The molecule has 0 aliphatic heterocycles. The highest BCUT2D eigenvalue weighted by atomic mass is 32.2. The summed E-state index contributed by atoms with van der Waals surface area (Å²) in [6.45, 7) is 0.181. The van der Waals surface area contributed by atoms with Crippen molar-refractivity contribution in [2.75, 3.05) is 12.3 Å². The molecule has 8 nitrogen and oxygen atoms in total. The number of fused-ring (bicyclic) bond motifs is 1. The molecule has 0 saturated heterocycles. The summed E-state index contributed by atoms with van der Waals surface area (Å²) in [6.07, 6.45) is 1.47. The molecule has 138 valence electrons. The van der Waals surface area contributed by atoms with Crippen LogP contribution >= 0.6 is 23.1 Å². The SMILES string of the molecule is Cn1cnc2c1c(=O)n(CC(=O)NCCSCc1cccs1)c(=O)n2C. The number of imidazole rings is 1. The highest BCUT2D eigenvalue weighted by Gasteiger charge is 2.16. The van der Waals surface area contributed by atoms with E-state index < -0.39 is 11.2 Å². The summed E-state index contributed by atoms with van der Waals surface area (Å²) in [5.74, 6) is 1.31. The number of aryl methyl sites for hydroxylation is 2. The molecule has 3 aromatic heterocycles. The van der Waals surface area contributed by atoms with Crippen molar-refractivity contribution in [1.82, 2.24) is 24.0 Å². The van der Waals surface area contributed by atoms with Gasteiger partial charge in [-0.3, -0.25) is 14.2 Å². The molecule has 0 aliphatic rings. The van der Waals surface area contributed by atoms with E-state index >= 15 is 0 Å². The number of aromatic nitrogens is 4. The van der Waals surface area contributed by atoms with Gasteiger partial charge in [-0.05, 0) is 11.4 Å². The van der Waals surface area contributed by atoms with Crippen molar-refractivity contribution in [3.8, 4) is 0 Å². The second kappa shape index (κ2) is 7.92. The molecule has 0 fully saturated rings. The van der Waals surface area contributed by atoms with Crippen LogP contribution in [0.3, 0.4) is 0 Å². The van der Waals surface area contributed by atoms with Gasteiger partial charge in [-0.25, -0.2) is 14.3 Å². The zero-order chi connectivity index (χ0) is 18.7. The van der Waals surface area contributed by atoms with Crippen LogP contribution in [0.25, 0.3) is 11.2 Å². The topological polar surface area (TPSA) is 90.9 Å². The Morgan fingerprint density at radius 3 is 2.88 bits per heavy atom. The van der Waals surface area contributed by atoms with Crippen LogP contribution in [0.4, 0.5) is 0 Å². The second-order valence-corrected chi connectivity index (χ2v) is 7.88. The van der Waals surface area contributed by atoms with Gasteiger partial charge in [-0.15, -0.1) is 11.3 Å². The van der Waals surface area contributed by atoms with Crippen molar-refractivity contribution >= 4 is 40.2 Å². The highest BCUT2D eigenvalue weighted by molar-refractivity contribution is 7.98. The zero-order valence-electron chi connectivity index (χ0n) is 14.5. The number of hydrogen-bond acceptors (Lipinski definition) is 6. The summed E-state index contributed by atoms with van der Waals surface area (Å²) in [5.41, 5.74) is -0.454. The number of thiophene rings is 1. The average Bonchev–Trinajstić information content (AvgIpc) is 3.26. The quantitative estimate of drug-likeness (QED) is 0.592. The van der Waals surface area contributed by atoms with E-state index in [1.165, 1.54) is 22.8 Å². The van der Waals surface area contributed by atoms with Crippen LogP contribution in [0.5, 0.6) is 0 Å². The molecule has 0 saturated carbocycles. The maximum atomic E-state index is 12.5. The van der Waals surface area contributed by atoms with Crippen LogP contribution in [-0.2, 0) is 31.2 Å². The van der Waals surface area contributed by atoms with Crippen LogP contribution in [0.1, 0.15) is 4.88 Å². The Hall–Kier alpha value is -2.33. The van der Waals surface area contributed by atoms with Crippen LogP contribution in [0.2, 0.25) is 0 Å². The van der Waals surface area contributed by atoms with Crippen LogP contribution < -0.4 is 16.6 Å². The molecule has 3 aromatic rings. The first-order chi connectivity index (χ1) is 12.5. The third-order valence-corrected chi connectivity index (χ3v) is 5.96. The molecule has 1 amide bonds. The minimum Gasteiger partial charge on any atom is -0.354 e. The lowest BCUT2D eigenvalue weighted by Gasteiger charge is -2.09. The minimum absolute atomic E-state index is 0.298. The van der Waals surface area contributed by atoms with Crippen molar-refractivity contribution in [3.05, 3.63) is 49.6 Å². The van der Waals surface area contributed by atoms with Crippen LogP contribution in [0, 0.1) is 0 Å². The highest BCUT2D eigenvalue weighted by Crippen LogP contribution is 2.16. The van der Waals surface area contributed by atoms with Crippen LogP contribution in [-0.4, -0.2) is 36.9 Å². The number of carbonyl (C=O) groups excluding carboxylic acids is 1. The Morgan fingerprint density at radius 2 is 2.15 bits per heavy atom. The molecule has 3 heterocycles. The molecule has 10 heteroatoms. The smallest absolute Gasteiger partial charge is 0.332 e. The fourth-order valence-electron chi connectivity index (χ4n) is 2.57. The van der Waals surface area contributed by atoms with Gasteiger partial charge in [0.25, 0.3) is 5.56 Å². The molecule has 0 unspecified atom stereocenters. The molecule has 1 N–H and O–H groups in total. The molecule has 3 rings (SSSR count). The van der Waals surface area contributed by atoms with Gasteiger partial charge in [0.15, 0.2) is 11.2 Å². The number of nitrogens with one attached hydrogen (secondary N) is 1. The summed E-state index contributed by atoms with van der Waals surface area (Å²) in [4.78, 5) is 42.4. The maximum Gasteiger partial charge on any atom is 0.332 e. The molecule has 0 atom stereocenters. The van der Waals surface area contributed by atoms with Gasteiger partial charge < -0.3 is 9.88 Å². The first-order valence-electron chi connectivity index (χ1n) is 7.96. The molecule has 0 bridgehead atoms. The molecule has 0 radical (unpaired) electrons.